The molecule has 2 unspecified atom stereocenters. The molecule has 0 bridgehead atoms. The molecule has 2 aliphatic rings. The van der Waals surface area contributed by atoms with Crippen molar-refractivity contribution in [1.82, 2.24) is 10.9 Å². The van der Waals surface area contributed by atoms with E-state index < -0.39 is 29.6 Å². The Balaban J connectivity index is 1.64. The molecule has 0 aromatic heterocycles. The maximum Gasteiger partial charge on any atom is 0.307 e. The molecule has 3 rings (SSSR count). The van der Waals surface area contributed by atoms with E-state index in [0.717, 1.165) is 11.1 Å². The number of hydrogen-bond donors (Lipinski definition) is 3. The third-order valence-electron chi connectivity index (χ3n) is 4.85. The summed E-state index contributed by atoms with van der Waals surface area (Å²) in [6.07, 6.45) is 0.684. The molecular formula is C18H20N2O6. The molecule has 26 heavy (non-hydrogen) atoms. The highest BCUT2D eigenvalue weighted by molar-refractivity contribution is 5.96. The van der Waals surface area contributed by atoms with E-state index in [1.54, 1.807) is 12.1 Å². The molecule has 0 saturated carbocycles. The lowest BCUT2D eigenvalue weighted by atomic mass is 9.76. The predicted octanol–water partition coefficient (Wildman–Crippen LogP) is 1.62. The molecule has 2 amide bonds. The van der Waals surface area contributed by atoms with Gasteiger partial charge in [-0.15, -0.1) is 0 Å². The van der Waals surface area contributed by atoms with Crippen molar-refractivity contribution >= 4 is 17.8 Å². The van der Waals surface area contributed by atoms with Crippen LogP contribution in [0.3, 0.4) is 0 Å². The number of hydrogen-bond acceptors (Lipinski definition) is 5. The molecular weight excluding hydrogens is 340 g/mol. The van der Waals surface area contributed by atoms with Crippen molar-refractivity contribution in [1.29, 1.82) is 0 Å². The van der Waals surface area contributed by atoms with E-state index in [1.807, 2.05) is 13.8 Å². The number of ether oxygens (including phenoxy) is 2. The Morgan fingerprint density at radius 3 is 2.35 bits per heavy atom. The first-order chi connectivity index (χ1) is 12.4. The standard InChI is InChI=1S/C18H20N2O6/c1-9-5-12(13(18(23)24)6-10(9)2)17(22)20-19-16(21)11-3-4-14-15(7-11)26-8-25-14/h3-4,7,12-13H,5-6,8H2,1-2H3,(H,19,21)(H,20,22)(H,23,24). The highest BCUT2D eigenvalue weighted by Gasteiger charge is 2.37. The summed E-state index contributed by atoms with van der Waals surface area (Å²) in [5.74, 6) is -2.58. The Morgan fingerprint density at radius 1 is 1.00 bits per heavy atom. The summed E-state index contributed by atoms with van der Waals surface area (Å²) in [5.41, 5.74) is 6.96. The first-order valence-electron chi connectivity index (χ1n) is 8.24. The first-order valence-corrected chi connectivity index (χ1v) is 8.24. The number of nitrogens with one attached hydrogen (secondary N) is 2. The minimum atomic E-state index is -1.01. The second-order valence-corrected chi connectivity index (χ2v) is 6.53. The number of carbonyl (C=O) groups excluding carboxylic acids is 2. The van der Waals surface area contributed by atoms with Crippen molar-refractivity contribution in [2.24, 2.45) is 11.8 Å². The van der Waals surface area contributed by atoms with Crippen molar-refractivity contribution in [2.45, 2.75) is 26.7 Å². The van der Waals surface area contributed by atoms with E-state index in [4.69, 9.17) is 9.47 Å². The van der Waals surface area contributed by atoms with Crippen LogP contribution >= 0.6 is 0 Å². The highest BCUT2D eigenvalue weighted by atomic mass is 16.7. The van der Waals surface area contributed by atoms with Crippen molar-refractivity contribution in [3.8, 4) is 11.5 Å². The SMILES string of the molecule is CC1=C(C)CC(C(=O)NNC(=O)c2ccc3c(c2)OCO3)C(C(=O)O)C1. The zero-order valence-electron chi connectivity index (χ0n) is 14.5. The Bertz CT molecular complexity index is 801. The van der Waals surface area contributed by atoms with Crippen molar-refractivity contribution in [3.05, 3.63) is 34.9 Å². The van der Waals surface area contributed by atoms with Gasteiger partial charge in [-0.05, 0) is 44.9 Å². The van der Waals surface area contributed by atoms with Crippen LogP contribution in [0.1, 0.15) is 37.0 Å². The molecule has 8 heteroatoms. The normalized spacial score (nSPS) is 21.3. The summed E-state index contributed by atoms with van der Waals surface area (Å²) in [4.78, 5) is 36.1. The van der Waals surface area contributed by atoms with Crippen molar-refractivity contribution < 1.29 is 29.0 Å². The quantitative estimate of drug-likeness (QED) is 0.558. The molecule has 0 spiro atoms. The lowest BCUT2D eigenvalue weighted by molar-refractivity contribution is -0.147. The second-order valence-electron chi connectivity index (χ2n) is 6.53. The van der Waals surface area contributed by atoms with Crippen LogP contribution < -0.4 is 20.3 Å². The molecule has 1 aromatic carbocycles. The minimum Gasteiger partial charge on any atom is -0.481 e. The molecule has 0 fully saturated rings. The van der Waals surface area contributed by atoms with Crippen LogP contribution in [0.2, 0.25) is 0 Å². The van der Waals surface area contributed by atoms with E-state index in [9.17, 15) is 19.5 Å². The van der Waals surface area contributed by atoms with Gasteiger partial charge in [-0.2, -0.15) is 0 Å². The molecule has 0 radical (unpaired) electrons. The maximum atomic E-state index is 12.4. The monoisotopic (exact) mass is 360 g/mol. The Morgan fingerprint density at radius 2 is 1.65 bits per heavy atom. The number of allylic oxidation sites excluding steroid dienone is 2. The van der Waals surface area contributed by atoms with Crippen LogP contribution in [0.15, 0.2) is 29.3 Å². The number of amides is 2. The summed E-state index contributed by atoms with van der Waals surface area (Å²) in [6.45, 7) is 3.86. The number of benzene rings is 1. The Hall–Kier alpha value is -3.03. The predicted molar refractivity (Wildman–Crippen MR) is 90.4 cm³/mol. The zero-order chi connectivity index (χ0) is 18.8. The van der Waals surface area contributed by atoms with Crippen LogP contribution in [0, 0.1) is 11.8 Å². The molecule has 1 aliphatic carbocycles. The molecule has 0 saturated heterocycles. The summed E-state index contributed by atoms with van der Waals surface area (Å²) < 4.78 is 10.4. The molecule has 138 valence electrons. The van der Waals surface area contributed by atoms with Gasteiger partial charge in [0, 0.05) is 5.56 Å². The lowest BCUT2D eigenvalue weighted by Crippen LogP contribution is -2.48. The van der Waals surface area contributed by atoms with Crippen LogP contribution in [0.25, 0.3) is 0 Å². The average Bonchev–Trinajstić information content (AvgIpc) is 3.08. The molecule has 1 aliphatic heterocycles. The van der Waals surface area contributed by atoms with E-state index >= 15 is 0 Å². The topological polar surface area (TPSA) is 114 Å². The van der Waals surface area contributed by atoms with Crippen LogP contribution in [0.4, 0.5) is 0 Å². The number of rotatable bonds is 3. The lowest BCUT2D eigenvalue weighted by Gasteiger charge is -2.29. The van der Waals surface area contributed by atoms with Gasteiger partial charge in [0.15, 0.2) is 11.5 Å². The Kier molecular flexibility index (Phi) is 4.83. The van der Waals surface area contributed by atoms with Gasteiger partial charge >= 0.3 is 5.97 Å². The van der Waals surface area contributed by atoms with E-state index in [2.05, 4.69) is 10.9 Å². The molecule has 8 nitrogen and oxygen atoms in total. The third kappa shape index (κ3) is 3.49. The third-order valence-corrected chi connectivity index (χ3v) is 4.85. The summed E-state index contributed by atoms with van der Waals surface area (Å²) in [7, 11) is 0. The van der Waals surface area contributed by atoms with Crippen LogP contribution in [-0.2, 0) is 9.59 Å². The molecule has 2 atom stereocenters. The average molecular weight is 360 g/mol. The van der Waals surface area contributed by atoms with E-state index in [0.29, 0.717) is 29.9 Å². The van der Waals surface area contributed by atoms with Crippen LogP contribution in [0.5, 0.6) is 11.5 Å². The van der Waals surface area contributed by atoms with Gasteiger partial charge in [0.25, 0.3) is 5.91 Å². The maximum absolute atomic E-state index is 12.4. The zero-order valence-corrected chi connectivity index (χ0v) is 14.5. The summed E-state index contributed by atoms with van der Waals surface area (Å²) in [5, 5.41) is 9.39. The number of carboxylic acids is 1. The first kappa shape index (κ1) is 17.8. The second kappa shape index (κ2) is 7.07. The fraction of sp³-hybridized carbons (Fsp3) is 0.389. The highest BCUT2D eigenvalue weighted by Crippen LogP contribution is 2.34. The number of aliphatic carboxylic acids is 1. The van der Waals surface area contributed by atoms with Gasteiger partial charge in [0.1, 0.15) is 0 Å². The Labute approximate surface area is 150 Å². The largest absolute Gasteiger partial charge is 0.481 e. The minimum absolute atomic E-state index is 0.0989. The van der Waals surface area contributed by atoms with Gasteiger partial charge in [-0.3, -0.25) is 25.2 Å². The van der Waals surface area contributed by atoms with Gasteiger partial charge in [-0.25, -0.2) is 0 Å². The number of carbonyl (C=O) groups is 3. The molecule has 1 aromatic rings. The van der Waals surface area contributed by atoms with Gasteiger partial charge in [0.05, 0.1) is 11.8 Å². The van der Waals surface area contributed by atoms with Crippen molar-refractivity contribution in [2.75, 3.05) is 6.79 Å². The van der Waals surface area contributed by atoms with Gasteiger partial charge in [0.2, 0.25) is 12.7 Å². The smallest absolute Gasteiger partial charge is 0.307 e. The van der Waals surface area contributed by atoms with E-state index in [1.165, 1.54) is 6.07 Å². The summed E-state index contributed by atoms with van der Waals surface area (Å²) >= 11 is 0. The van der Waals surface area contributed by atoms with Gasteiger partial charge < -0.3 is 14.6 Å². The number of hydrazine groups is 1. The van der Waals surface area contributed by atoms with Gasteiger partial charge in [-0.1, -0.05) is 11.1 Å². The summed E-state index contributed by atoms with van der Waals surface area (Å²) in [6, 6.07) is 4.67. The van der Waals surface area contributed by atoms with Crippen LogP contribution in [-0.4, -0.2) is 29.7 Å². The fourth-order valence-electron chi connectivity index (χ4n) is 3.15. The molecule has 1 heterocycles. The number of fused-ring (bicyclic) bond motifs is 1. The molecule has 3 N–H and O–H groups in total. The fourth-order valence-corrected chi connectivity index (χ4v) is 3.15. The van der Waals surface area contributed by atoms with Crippen molar-refractivity contribution in [3.63, 3.8) is 0 Å². The van der Waals surface area contributed by atoms with E-state index in [-0.39, 0.29) is 6.79 Å². The number of carboxylic acid groups (broad SMARTS) is 1.